The van der Waals surface area contributed by atoms with Crippen molar-refractivity contribution >= 4 is 5.96 Å². The molecule has 0 aromatic rings. The molecule has 0 aromatic carbocycles. The van der Waals surface area contributed by atoms with Crippen LogP contribution in [0.3, 0.4) is 0 Å². The van der Waals surface area contributed by atoms with E-state index in [0.29, 0.717) is 6.54 Å². The third-order valence-corrected chi connectivity index (χ3v) is 2.47. The Morgan fingerprint density at radius 3 is 2.00 bits per heavy atom. The maximum absolute atomic E-state index is 12.6. The summed E-state index contributed by atoms with van der Waals surface area (Å²) in [6.07, 6.45) is -0.0186. The van der Waals surface area contributed by atoms with Gasteiger partial charge in [0, 0.05) is 47.6 Å². The number of hydrogen-bond acceptors (Lipinski definition) is 1. The monoisotopic (exact) mass is 219 g/mol. The van der Waals surface area contributed by atoms with Gasteiger partial charge >= 0.3 is 0 Å². The number of hydrogen-bond donors (Lipinski definition) is 0. The molecule has 0 N–H and O–H groups in total. The summed E-state index contributed by atoms with van der Waals surface area (Å²) in [6, 6.07) is 0. The molecule has 0 unspecified atom stereocenters. The van der Waals surface area contributed by atoms with Gasteiger partial charge in [0.1, 0.15) is 0 Å². The molecular weight excluding hydrogens is 200 g/mol. The maximum atomic E-state index is 12.6. The minimum absolute atomic E-state index is 0.00929. The fraction of sp³-hybridized carbons (Fsp3) is 0.900. The fourth-order valence-electron chi connectivity index (χ4n) is 1.81. The minimum Gasteiger partial charge on any atom is -0.349 e. The van der Waals surface area contributed by atoms with E-state index in [0.717, 1.165) is 5.96 Å². The van der Waals surface area contributed by atoms with Crippen molar-refractivity contribution in [3.63, 3.8) is 0 Å². The van der Waals surface area contributed by atoms with Crippen LogP contribution in [-0.4, -0.2) is 56.4 Å². The first-order valence-electron chi connectivity index (χ1n) is 5.09. The Kier molecular flexibility index (Phi) is 3.52. The Labute approximate surface area is 89.8 Å². The molecule has 0 radical (unpaired) electrons. The van der Waals surface area contributed by atoms with Crippen molar-refractivity contribution < 1.29 is 8.78 Å². The average molecular weight is 219 g/mol. The first-order valence-corrected chi connectivity index (χ1v) is 5.09. The van der Waals surface area contributed by atoms with Gasteiger partial charge in [-0.1, -0.05) is 0 Å². The van der Waals surface area contributed by atoms with E-state index in [-0.39, 0.29) is 18.8 Å². The zero-order valence-corrected chi connectivity index (χ0v) is 9.80. The molecule has 0 aromatic heterocycles. The van der Waals surface area contributed by atoms with Crippen molar-refractivity contribution in [2.75, 3.05) is 34.7 Å². The first-order chi connectivity index (χ1) is 6.82. The smallest absolute Gasteiger partial charge is 0.248 e. The van der Waals surface area contributed by atoms with Gasteiger partial charge in [-0.3, -0.25) is 4.99 Å². The van der Waals surface area contributed by atoms with Gasteiger partial charge in [0.25, 0.3) is 0 Å². The number of rotatable bonds is 2. The van der Waals surface area contributed by atoms with Crippen LogP contribution in [0.2, 0.25) is 0 Å². The molecule has 0 bridgehead atoms. The van der Waals surface area contributed by atoms with Gasteiger partial charge in [-0.2, -0.15) is 0 Å². The first kappa shape index (κ1) is 12.2. The number of guanidine groups is 1. The quantitative estimate of drug-likeness (QED) is 0.518. The summed E-state index contributed by atoms with van der Waals surface area (Å²) in [5, 5.41) is 0. The number of nitrogens with zero attached hydrogens (tertiary/aromatic N) is 3. The van der Waals surface area contributed by atoms with Crippen LogP contribution in [0.1, 0.15) is 12.8 Å². The lowest BCUT2D eigenvalue weighted by Crippen LogP contribution is -2.39. The van der Waals surface area contributed by atoms with E-state index >= 15 is 0 Å². The molecule has 3 nitrogen and oxygen atoms in total. The van der Waals surface area contributed by atoms with Crippen molar-refractivity contribution in [3.05, 3.63) is 0 Å². The summed E-state index contributed by atoms with van der Waals surface area (Å²) in [7, 11) is 7.59. The van der Waals surface area contributed by atoms with Gasteiger partial charge in [0.15, 0.2) is 5.96 Å². The van der Waals surface area contributed by atoms with E-state index in [1.165, 1.54) is 0 Å². The van der Waals surface area contributed by atoms with Gasteiger partial charge in [0.2, 0.25) is 5.92 Å². The van der Waals surface area contributed by atoms with Gasteiger partial charge in [-0.25, -0.2) is 8.78 Å². The molecule has 1 rings (SSSR count). The van der Waals surface area contributed by atoms with Gasteiger partial charge in [-0.05, 0) is 5.92 Å². The molecule has 1 aliphatic rings. The molecule has 5 heteroatoms. The molecule has 15 heavy (non-hydrogen) atoms. The largest absolute Gasteiger partial charge is 0.349 e. The van der Waals surface area contributed by atoms with Gasteiger partial charge in [-0.15, -0.1) is 0 Å². The Balaban J connectivity index is 2.42. The van der Waals surface area contributed by atoms with Crippen molar-refractivity contribution in [3.8, 4) is 0 Å². The lowest BCUT2D eigenvalue weighted by molar-refractivity contribution is -0.107. The summed E-state index contributed by atoms with van der Waals surface area (Å²) in [5.74, 6) is -1.56. The Hall–Kier alpha value is -0.870. The molecule has 0 heterocycles. The van der Waals surface area contributed by atoms with Crippen molar-refractivity contribution in [2.45, 2.75) is 18.8 Å². The third kappa shape index (κ3) is 3.32. The maximum Gasteiger partial charge on any atom is 0.248 e. The molecule has 1 saturated carbocycles. The van der Waals surface area contributed by atoms with Gasteiger partial charge < -0.3 is 9.80 Å². The lowest BCUT2D eigenvalue weighted by Gasteiger charge is -2.34. The zero-order chi connectivity index (χ0) is 11.6. The highest BCUT2D eigenvalue weighted by atomic mass is 19.3. The number of aliphatic imine (C=N–C) groups is 1. The summed E-state index contributed by atoms with van der Waals surface area (Å²) in [5.41, 5.74) is 0. The molecule has 88 valence electrons. The standard InChI is InChI=1S/C10H19F2N3/c1-14(2)9(15(3)4)13-7-8-5-10(11,12)6-8/h8H,5-7H2,1-4H3. The van der Waals surface area contributed by atoms with Crippen molar-refractivity contribution in [1.82, 2.24) is 9.80 Å². The van der Waals surface area contributed by atoms with Crippen LogP contribution in [0.5, 0.6) is 0 Å². The van der Waals surface area contributed by atoms with Crippen LogP contribution < -0.4 is 0 Å². The highest BCUT2D eigenvalue weighted by molar-refractivity contribution is 5.79. The second-order valence-corrected chi connectivity index (χ2v) is 4.56. The predicted octanol–water partition coefficient (Wildman–Crippen LogP) is 1.51. The van der Waals surface area contributed by atoms with Crippen LogP contribution in [0, 0.1) is 5.92 Å². The van der Waals surface area contributed by atoms with Crippen molar-refractivity contribution in [2.24, 2.45) is 10.9 Å². The molecule has 0 atom stereocenters. The van der Waals surface area contributed by atoms with E-state index < -0.39 is 5.92 Å². The van der Waals surface area contributed by atoms with Crippen LogP contribution in [0.15, 0.2) is 4.99 Å². The zero-order valence-electron chi connectivity index (χ0n) is 9.80. The predicted molar refractivity (Wildman–Crippen MR) is 57.3 cm³/mol. The highest BCUT2D eigenvalue weighted by Crippen LogP contribution is 2.42. The number of halogens is 2. The second kappa shape index (κ2) is 4.33. The van der Waals surface area contributed by atoms with Crippen molar-refractivity contribution in [1.29, 1.82) is 0 Å². The van der Waals surface area contributed by atoms with E-state index in [1.54, 1.807) is 0 Å². The van der Waals surface area contributed by atoms with E-state index in [4.69, 9.17) is 0 Å². The highest BCUT2D eigenvalue weighted by Gasteiger charge is 2.44. The van der Waals surface area contributed by atoms with Crippen LogP contribution in [0.25, 0.3) is 0 Å². The molecule has 0 aliphatic heterocycles. The topological polar surface area (TPSA) is 18.8 Å². The molecular formula is C10H19F2N3. The molecule has 1 aliphatic carbocycles. The minimum atomic E-state index is -2.43. The molecule has 0 spiro atoms. The summed E-state index contributed by atoms with van der Waals surface area (Å²) in [6.45, 7) is 0.501. The van der Waals surface area contributed by atoms with E-state index in [9.17, 15) is 8.78 Å². The van der Waals surface area contributed by atoms with Crippen LogP contribution in [0.4, 0.5) is 8.78 Å². The van der Waals surface area contributed by atoms with Crippen LogP contribution >= 0.6 is 0 Å². The SMILES string of the molecule is CN(C)C(=NCC1CC(F)(F)C1)N(C)C. The lowest BCUT2D eigenvalue weighted by atomic mass is 9.81. The Bertz CT molecular complexity index is 231. The summed E-state index contributed by atoms with van der Waals surface area (Å²) in [4.78, 5) is 8.12. The number of alkyl halides is 2. The Morgan fingerprint density at radius 1 is 1.20 bits per heavy atom. The molecule has 1 fully saturated rings. The second-order valence-electron chi connectivity index (χ2n) is 4.56. The normalized spacial score (nSPS) is 19.3. The molecule has 0 saturated heterocycles. The third-order valence-electron chi connectivity index (χ3n) is 2.47. The van der Waals surface area contributed by atoms with E-state index in [2.05, 4.69) is 4.99 Å². The Morgan fingerprint density at radius 2 is 1.67 bits per heavy atom. The fourth-order valence-corrected chi connectivity index (χ4v) is 1.81. The van der Waals surface area contributed by atoms with E-state index in [1.807, 2.05) is 38.0 Å². The van der Waals surface area contributed by atoms with Gasteiger partial charge in [0.05, 0.1) is 0 Å². The van der Waals surface area contributed by atoms with Crippen LogP contribution in [-0.2, 0) is 0 Å². The average Bonchev–Trinajstić information content (AvgIpc) is 1.99. The summed E-state index contributed by atoms with van der Waals surface area (Å²) < 4.78 is 25.1. The molecule has 0 amide bonds. The summed E-state index contributed by atoms with van der Waals surface area (Å²) >= 11 is 0.